The molecule has 1 aromatic rings. The minimum Gasteiger partial charge on any atom is -0.395 e. The van der Waals surface area contributed by atoms with E-state index in [0.29, 0.717) is 6.04 Å². The van der Waals surface area contributed by atoms with Gasteiger partial charge in [0.2, 0.25) is 0 Å². The second kappa shape index (κ2) is 7.16. The molecule has 0 radical (unpaired) electrons. The van der Waals surface area contributed by atoms with Gasteiger partial charge in [0.25, 0.3) is 5.69 Å². The Labute approximate surface area is 141 Å². The fraction of sp³-hybridized carbons (Fsp3) is 0.588. The van der Waals surface area contributed by atoms with E-state index in [1.165, 1.54) is 6.07 Å². The Balaban J connectivity index is 1.78. The summed E-state index contributed by atoms with van der Waals surface area (Å²) in [4.78, 5) is 15.1. The lowest BCUT2D eigenvalue weighted by atomic mass is 10.1. The molecule has 2 fully saturated rings. The van der Waals surface area contributed by atoms with Gasteiger partial charge in [0.1, 0.15) is 11.6 Å². The van der Waals surface area contributed by atoms with E-state index < -0.39 is 4.92 Å². The molecule has 2 saturated heterocycles. The number of nitrogens with zero attached hydrogens (tertiary/aromatic N) is 4. The van der Waals surface area contributed by atoms with Crippen LogP contribution in [0.2, 0.25) is 0 Å². The highest BCUT2D eigenvalue weighted by molar-refractivity contribution is 5.60. The smallest absolute Gasteiger partial charge is 0.287 e. The van der Waals surface area contributed by atoms with Crippen molar-refractivity contribution in [3.8, 4) is 6.07 Å². The number of benzene rings is 1. The van der Waals surface area contributed by atoms with Crippen molar-refractivity contribution in [1.82, 2.24) is 4.90 Å². The van der Waals surface area contributed by atoms with Crippen molar-refractivity contribution in [3.05, 3.63) is 33.9 Å². The van der Waals surface area contributed by atoms with Gasteiger partial charge in [0, 0.05) is 36.9 Å². The van der Waals surface area contributed by atoms with Crippen molar-refractivity contribution in [2.45, 2.75) is 37.8 Å². The Kier molecular flexibility index (Phi) is 4.97. The second-order valence-corrected chi connectivity index (χ2v) is 6.53. The molecule has 24 heavy (non-hydrogen) atoms. The van der Waals surface area contributed by atoms with Crippen LogP contribution in [-0.2, 0) is 0 Å². The first-order valence-electron chi connectivity index (χ1n) is 8.44. The Bertz CT molecular complexity index is 658. The normalized spacial score (nSPS) is 24.2. The third kappa shape index (κ3) is 3.21. The first-order chi connectivity index (χ1) is 11.6. The van der Waals surface area contributed by atoms with Crippen LogP contribution in [0.15, 0.2) is 18.2 Å². The van der Waals surface area contributed by atoms with Gasteiger partial charge in [0.15, 0.2) is 0 Å². The SMILES string of the molecule is N#Cc1cc(N2CCC[C@H]2CN2CCC[C@H]2CO)ccc1[N+](=O)[O-]. The molecule has 0 amide bonds. The third-order valence-electron chi connectivity index (χ3n) is 5.16. The highest BCUT2D eigenvalue weighted by atomic mass is 16.6. The molecule has 7 heteroatoms. The van der Waals surface area contributed by atoms with Crippen molar-refractivity contribution in [3.63, 3.8) is 0 Å². The molecule has 2 heterocycles. The molecule has 1 N–H and O–H groups in total. The van der Waals surface area contributed by atoms with Gasteiger partial charge in [-0.25, -0.2) is 0 Å². The van der Waals surface area contributed by atoms with Gasteiger partial charge in [-0.2, -0.15) is 5.26 Å². The summed E-state index contributed by atoms with van der Waals surface area (Å²) < 4.78 is 0. The molecule has 2 atom stereocenters. The molecule has 0 bridgehead atoms. The molecule has 7 nitrogen and oxygen atoms in total. The number of likely N-dealkylation sites (tertiary alicyclic amines) is 1. The van der Waals surface area contributed by atoms with E-state index in [2.05, 4.69) is 9.80 Å². The molecule has 2 aliphatic heterocycles. The number of nitro groups is 1. The molecule has 0 saturated carbocycles. The number of aliphatic hydroxyl groups excluding tert-OH is 1. The van der Waals surface area contributed by atoms with Crippen molar-refractivity contribution in [2.24, 2.45) is 0 Å². The average Bonchev–Trinajstić information content (AvgIpc) is 3.23. The summed E-state index contributed by atoms with van der Waals surface area (Å²) in [6.07, 6.45) is 4.29. The van der Waals surface area contributed by atoms with Crippen LogP contribution in [0.3, 0.4) is 0 Å². The summed E-state index contributed by atoms with van der Waals surface area (Å²) >= 11 is 0. The lowest BCUT2D eigenvalue weighted by Gasteiger charge is -2.32. The molecule has 128 valence electrons. The summed E-state index contributed by atoms with van der Waals surface area (Å²) in [5, 5.41) is 29.7. The van der Waals surface area contributed by atoms with Crippen LogP contribution in [0.25, 0.3) is 0 Å². The highest BCUT2D eigenvalue weighted by Gasteiger charge is 2.32. The summed E-state index contributed by atoms with van der Waals surface area (Å²) in [6.45, 7) is 3.00. The van der Waals surface area contributed by atoms with E-state index in [1.54, 1.807) is 12.1 Å². The zero-order valence-corrected chi connectivity index (χ0v) is 13.6. The van der Waals surface area contributed by atoms with Crippen LogP contribution in [-0.4, -0.2) is 53.3 Å². The van der Waals surface area contributed by atoms with Gasteiger partial charge >= 0.3 is 0 Å². The van der Waals surface area contributed by atoms with Crippen LogP contribution < -0.4 is 4.90 Å². The minimum atomic E-state index is -0.514. The van der Waals surface area contributed by atoms with E-state index in [-0.39, 0.29) is 23.9 Å². The topological polar surface area (TPSA) is 93.6 Å². The van der Waals surface area contributed by atoms with Crippen LogP contribution >= 0.6 is 0 Å². The molecule has 0 spiro atoms. The molecular weight excluding hydrogens is 308 g/mol. The largest absolute Gasteiger partial charge is 0.395 e. The van der Waals surface area contributed by atoms with Gasteiger partial charge in [-0.1, -0.05) is 0 Å². The quantitative estimate of drug-likeness (QED) is 0.654. The number of anilines is 1. The van der Waals surface area contributed by atoms with E-state index in [9.17, 15) is 20.5 Å². The first-order valence-corrected chi connectivity index (χ1v) is 8.44. The summed E-state index contributed by atoms with van der Waals surface area (Å²) in [7, 11) is 0. The zero-order chi connectivity index (χ0) is 17.1. The summed E-state index contributed by atoms with van der Waals surface area (Å²) in [5.74, 6) is 0. The average molecular weight is 330 g/mol. The molecule has 0 aliphatic carbocycles. The van der Waals surface area contributed by atoms with Crippen LogP contribution in [0.5, 0.6) is 0 Å². The monoisotopic (exact) mass is 330 g/mol. The zero-order valence-electron chi connectivity index (χ0n) is 13.6. The number of hydrogen-bond acceptors (Lipinski definition) is 6. The predicted octanol–water partition coefficient (Wildman–Crippen LogP) is 1.89. The van der Waals surface area contributed by atoms with E-state index in [4.69, 9.17) is 0 Å². The Morgan fingerprint density at radius 2 is 2.04 bits per heavy atom. The van der Waals surface area contributed by atoms with Crippen LogP contribution in [0.4, 0.5) is 11.4 Å². The number of hydrogen-bond donors (Lipinski definition) is 1. The molecule has 0 unspecified atom stereocenters. The number of rotatable bonds is 5. The fourth-order valence-electron chi connectivity index (χ4n) is 3.93. The lowest BCUT2D eigenvalue weighted by Crippen LogP contribution is -2.43. The van der Waals surface area contributed by atoms with Crippen molar-refractivity contribution >= 4 is 11.4 Å². The number of nitriles is 1. The lowest BCUT2D eigenvalue weighted by molar-refractivity contribution is -0.385. The molecule has 1 aromatic carbocycles. The molecule has 2 aliphatic rings. The van der Waals surface area contributed by atoms with Crippen molar-refractivity contribution in [2.75, 3.05) is 31.1 Å². The summed E-state index contributed by atoms with van der Waals surface area (Å²) in [6, 6.07) is 7.30. The summed E-state index contributed by atoms with van der Waals surface area (Å²) in [5.41, 5.74) is 0.842. The van der Waals surface area contributed by atoms with Gasteiger partial charge in [-0.15, -0.1) is 0 Å². The van der Waals surface area contributed by atoms with Gasteiger partial charge in [-0.3, -0.25) is 15.0 Å². The van der Waals surface area contributed by atoms with E-state index in [0.717, 1.165) is 51.0 Å². The Morgan fingerprint density at radius 1 is 1.29 bits per heavy atom. The molecular formula is C17H22N4O3. The predicted molar refractivity (Wildman–Crippen MR) is 89.9 cm³/mol. The van der Waals surface area contributed by atoms with Gasteiger partial charge < -0.3 is 10.0 Å². The van der Waals surface area contributed by atoms with Crippen molar-refractivity contribution < 1.29 is 10.0 Å². The fourth-order valence-corrected chi connectivity index (χ4v) is 3.93. The number of nitro benzene ring substituents is 1. The standard InChI is InChI=1S/C17H22N4O3/c18-10-13-9-14(5-6-17(13)21(23)24)20-8-2-3-15(20)11-19-7-1-4-16(19)12-22/h5-6,9,15-16,22H,1-4,7-8,11-12H2/t15-,16-/m0/s1. The Hall–Kier alpha value is -2.17. The third-order valence-corrected chi connectivity index (χ3v) is 5.16. The minimum absolute atomic E-state index is 0.109. The molecule has 0 aromatic heterocycles. The maximum atomic E-state index is 11.0. The maximum absolute atomic E-state index is 11.0. The highest BCUT2D eigenvalue weighted by Crippen LogP contribution is 2.31. The van der Waals surface area contributed by atoms with E-state index in [1.807, 2.05) is 6.07 Å². The van der Waals surface area contributed by atoms with E-state index >= 15 is 0 Å². The second-order valence-electron chi connectivity index (χ2n) is 6.53. The van der Waals surface area contributed by atoms with Crippen LogP contribution in [0.1, 0.15) is 31.2 Å². The van der Waals surface area contributed by atoms with Gasteiger partial charge in [0.05, 0.1) is 11.5 Å². The Morgan fingerprint density at radius 3 is 2.75 bits per heavy atom. The maximum Gasteiger partial charge on any atom is 0.287 e. The first kappa shape index (κ1) is 16.7. The van der Waals surface area contributed by atoms with Crippen molar-refractivity contribution in [1.29, 1.82) is 5.26 Å². The van der Waals surface area contributed by atoms with Gasteiger partial charge in [-0.05, 0) is 44.4 Å². The van der Waals surface area contributed by atoms with Crippen LogP contribution in [0, 0.1) is 21.4 Å². The molecule has 3 rings (SSSR count). The number of aliphatic hydroxyl groups is 1.